The van der Waals surface area contributed by atoms with Crippen LogP contribution in [-0.4, -0.2) is 27.5 Å². The summed E-state index contributed by atoms with van der Waals surface area (Å²) in [5.41, 5.74) is 2.23. The molecule has 0 aliphatic carbocycles. The number of benzene rings is 2. The maximum absolute atomic E-state index is 12.3. The summed E-state index contributed by atoms with van der Waals surface area (Å²) >= 11 is 0. The molecule has 8 heteroatoms. The molecule has 0 unspecified atom stereocenters. The van der Waals surface area contributed by atoms with Crippen LogP contribution < -0.4 is 20.5 Å². The lowest BCUT2D eigenvalue weighted by Gasteiger charge is -2.18. The molecule has 0 saturated carbocycles. The van der Waals surface area contributed by atoms with Crippen molar-refractivity contribution in [3.63, 3.8) is 0 Å². The lowest BCUT2D eigenvalue weighted by atomic mass is 10.2. The van der Waals surface area contributed by atoms with E-state index < -0.39 is 16.1 Å². The zero-order valence-electron chi connectivity index (χ0n) is 14.2. The number of carbonyl (C=O) groups is 1. The van der Waals surface area contributed by atoms with E-state index >= 15 is 0 Å². The molecular weight excluding hydrogens is 342 g/mol. The Morgan fingerprint density at radius 2 is 1.80 bits per heavy atom. The number of rotatable bonds is 6. The zero-order chi connectivity index (χ0) is 18.6. The maximum atomic E-state index is 12.3. The van der Waals surface area contributed by atoms with Gasteiger partial charge in [-0.1, -0.05) is 6.07 Å². The molecule has 2 aromatic rings. The van der Waals surface area contributed by atoms with Crippen molar-refractivity contribution in [2.24, 2.45) is 5.14 Å². The van der Waals surface area contributed by atoms with Crippen LogP contribution in [0.4, 0.5) is 11.4 Å². The van der Waals surface area contributed by atoms with E-state index in [0.29, 0.717) is 11.4 Å². The topological polar surface area (TPSA) is 111 Å². The fourth-order valence-electron chi connectivity index (χ4n) is 2.21. The highest BCUT2D eigenvalue weighted by Gasteiger charge is 2.15. The van der Waals surface area contributed by atoms with Gasteiger partial charge in [0.25, 0.3) is 0 Å². The molecule has 2 rings (SSSR count). The number of nitrogens with one attached hydrogen (secondary N) is 2. The van der Waals surface area contributed by atoms with Gasteiger partial charge in [0.05, 0.1) is 17.7 Å². The van der Waals surface area contributed by atoms with Crippen LogP contribution in [0.25, 0.3) is 0 Å². The molecule has 2 aromatic carbocycles. The normalized spacial score (nSPS) is 12.3. The molecule has 0 aliphatic rings. The van der Waals surface area contributed by atoms with Crippen molar-refractivity contribution in [3.8, 4) is 5.75 Å². The second kappa shape index (κ2) is 7.54. The van der Waals surface area contributed by atoms with Gasteiger partial charge in [-0.15, -0.1) is 0 Å². The second-order valence-electron chi connectivity index (χ2n) is 5.63. The van der Waals surface area contributed by atoms with E-state index in [2.05, 4.69) is 10.6 Å². The average Bonchev–Trinajstić information content (AvgIpc) is 2.54. The van der Waals surface area contributed by atoms with Crippen LogP contribution >= 0.6 is 0 Å². The van der Waals surface area contributed by atoms with Gasteiger partial charge in [-0.2, -0.15) is 0 Å². The summed E-state index contributed by atoms with van der Waals surface area (Å²) in [6.07, 6.45) is 0. The van der Waals surface area contributed by atoms with Crippen LogP contribution in [0, 0.1) is 6.92 Å². The van der Waals surface area contributed by atoms with Gasteiger partial charge in [0.2, 0.25) is 15.9 Å². The first-order valence-corrected chi connectivity index (χ1v) is 9.10. The standard InChI is InChI=1S/C17H21N3O4S/c1-11-4-9-16(24-3)15(10-11)19-12(2)17(21)20-13-5-7-14(8-6-13)25(18,22)23/h4-10,12,19H,1-3H3,(H,20,21)(H2,18,22,23)/t12-/m0/s1. The maximum Gasteiger partial charge on any atom is 0.246 e. The van der Waals surface area contributed by atoms with Crippen molar-refractivity contribution < 1.29 is 17.9 Å². The molecule has 0 bridgehead atoms. The Morgan fingerprint density at radius 1 is 1.16 bits per heavy atom. The molecule has 7 nitrogen and oxygen atoms in total. The third-order valence-corrected chi connectivity index (χ3v) is 4.50. The van der Waals surface area contributed by atoms with Crippen molar-refractivity contribution in [3.05, 3.63) is 48.0 Å². The molecule has 0 aliphatic heterocycles. The number of hydrogen-bond donors (Lipinski definition) is 3. The number of primary sulfonamides is 1. The Labute approximate surface area is 147 Å². The Balaban J connectivity index is 2.07. The predicted octanol–water partition coefficient (Wildman–Crippen LogP) is 2.09. The Morgan fingerprint density at radius 3 is 2.36 bits per heavy atom. The fourth-order valence-corrected chi connectivity index (χ4v) is 2.73. The molecule has 0 fully saturated rings. The summed E-state index contributed by atoms with van der Waals surface area (Å²) in [4.78, 5) is 12.3. The van der Waals surface area contributed by atoms with Crippen LogP contribution in [0.15, 0.2) is 47.4 Å². The molecule has 1 atom stereocenters. The van der Waals surface area contributed by atoms with Gasteiger partial charge in [-0.25, -0.2) is 13.6 Å². The van der Waals surface area contributed by atoms with Gasteiger partial charge in [0.1, 0.15) is 11.8 Å². The van der Waals surface area contributed by atoms with Crippen LogP contribution in [0.5, 0.6) is 5.75 Å². The minimum atomic E-state index is -3.76. The summed E-state index contributed by atoms with van der Waals surface area (Å²) < 4.78 is 27.7. The van der Waals surface area contributed by atoms with Crippen molar-refractivity contribution >= 4 is 27.3 Å². The molecule has 0 radical (unpaired) electrons. The fraction of sp³-hybridized carbons (Fsp3) is 0.235. The van der Waals surface area contributed by atoms with Gasteiger partial charge >= 0.3 is 0 Å². The van der Waals surface area contributed by atoms with Crippen molar-refractivity contribution in [2.45, 2.75) is 24.8 Å². The summed E-state index contributed by atoms with van der Waals surface area (Å²) in [6, 6.07) is 10.8. The largest absolute Gasteiger partial charge is 0.495 e. The van der Waals surface area contributed by atoms with E-state index in [1.807, 2.05) is 25.1 Å². The number of hydrogen-bond acceptors (Lipinski definition) is 5. The van der Waals surface area contributed by atoms with Crippen LogP contribution in [0.1, 0.15) is 12.5 Å². The summed E-state index contributed by atoms with van der Waals surface area (Å²) in [5.74, 6) is 0.370. The van der Waals surface area contributed by atoms with Gasteiger partial charge < -0.3 is 15.4 Å². The highest BCUT2D eigenvalue weighted by Crippen LogP contribution is 2.26. The summed E-state index contributed by atoms with van der Waals surface area (Å²) in [5, 5.41) is 10.9. The van der Waals surface area contributed by atoms with E-state index in [1.165, 1.54) is 24.3 Å². The Kier molecular flexibility index (Phi) is 5.66. The van der Waals surface area contributed by atoms with Gasteiger partial charge in [-0.05, 0) is 55.8 Å². The number of sulfonamides is 1. The smallest absolute Gasteiger partial charge is 0.246 e. The van der Waals surface area contributed by atoms with Crippen molar-refractivity contribution in [1.82, 2.24) is 0 Å². The van der Waals surface area contributed by atoms with Crippen molar-refractivity contribution in [1.29, 1.82) is 0 Å². The number of methoxy groups -OCH3 is 1. The zero-order valence-corrected chi connectivity index (χ0v) is 15.1. The molecule has 0 heterocycles. The molecule has 0 spiro atoms. The van der Waals surface area contributed by atoms with Gasteiger partial charge in [-0.3, -0.25) is 4.79 Å². The number of anilines is 2. The number of nitrogens with two attached hydrogens (primary N) is 1. The lowest BCUT2D eigenvalue weighted by Crippen LogP contribution is -2.32. The molecular formula is C17H21N3O4S. The van der Waals surface area contributed by atoms with E-state index in [4.69, 9.17) is 9.88 Å². The third-order valence-electron chi connectivity index (χ3n) is 3.57. The van der Waals surface area contributed by atoms with Crippen molar-refractivity contribution in [2.75, 3.05) is 17.7 Å². The van der Waals surface area contributed by atoms with E-state index in [1.54, 1.807) is 14.0 Å². The summed E-state index contributed by atoms with van der Waals surface area (Å²) in [7, 11) is -2.19. The first-order valence-electron chi connectivity index (χ1n) is 7.55. The molecule has 0 saturated heterocycles. The van der Waals surface area contributed by atoms with Crippen LogP contribution in [0.3, 0.4) is 0 Å². The second-order valence-corrected chi connectivity index (χ2v) is 7.19. The summed E-state index contributed by atoms with van der Waals surface area (Å²) in [6.45, 7) is 3.66. The third kappa shape index (κ3) is 4.94. The number of amides is 1. The molecule has 0 aromatic heterocycles. The SMILES string of the molecule is COc1ccc(C)cc1N[C@@H](C)C(=O)Nc1ccc(S(N)(=O)=O)cc1. The number of carbonyl (C=O) groups excluding carboxylic acids is 1. The molecule has 134 valence electrons. The molecule has 4 N–H and O–H groups in total. The average molecular weight is 363 g/mol. The highest BCUT2D eigenvalue weighted by molar-refractivity contribution is 7.89. The number of aryl methyl sites for hydroxylation is 1. The first kappa shape index (κ1) is 18.8. The highest BCUT2D eigenvalue weighted by atomic mass is 32.2. The Bertz CT molecular complexity index is 864. The minimum absolute atomic E-state index is 0.0128. The van der Waals surface area contributed by atoms with E-state index in [0.717, 1.165) is 11.3 Å². The molecule has 25 heavy (non-hydrogen) atoms. The monoisotopic (exact) mass is 363 g/mol. The quantitative estimate of drug-likeness (QED) is 0.728. The Hall–Kier alpha value is -2.58. The van der Waals surface area contributed by atoms with Gasteiger partial charge in [0.15, 0.2) is 0 Å². The van der Waals surface area contributed by atoms with Crippen LogP contribution in [0.2, 0.25) is 0 Å². The van der Waals surface area contributed by atoms with E-state index in [-0.39, 0.29) is 10.8 Å². The molecule has 1 amide bonds. The predicted molar refractivity (Wildman–Crippen MR) is 97.3 cm³/mol. The van der Waals surface area contributed by atoms with Gasteiger partial charge in [0, 0.05) is 5.69 Å². The number of ether oxygens (including phenoxy) is 1. The minimum Gasteiger partial charge on any atom is -0.495 e. The van der Waals surface area contributed by atoms with E-state index in [9.17, 15) is 13.2 Å². The first-order chi connectivity index (χ1) is 11.7. The lowest BCUT2D eigenvalue weighted by molar-refractivity contribution is -0.116. The van der Waals surface area contributed by atoms with Crippen LogP contribution in [-0.2, 0) is 14.8 Å².